The van der Waals surface area contributed by atoms with Gasteiger partial charge in [-0.05, 0) is 56.0 Å². The van der Waals surface area contributed by atoms with Crippen LogP contribution >= 0.6 is 0 Å². The zero-order valence-corrected chi connectivity index (χ0v) is 17.9. The molecular formula is C24H29N5O2. The Morgan fingerprint density at radius 3 is 2.81 bits per heavy atom. The minimum Gasteiger partial charge on any atom is -0.345 e. The first-order valence-corrected chi connectivity index (χ1v) is 10.8. The van der Waals surface area contributed by atoms with E-state index in [-0.39, 0.29) is 23.6 Å². The number of amides is 1. The van der Waals surface area contributed by atoms with Gasteiger partial charge in [-0.3, -0.25) is 9.59 Å². The smallest absolute Gasteiger partial charge is 0.263 e. The summed E-state index contributed by atoms with van der Waals surface area (Å²) in [5, 5.41) is 6.27. The number of aromatic nitrogens is 3. The lowest BCUT2D eigenvalue weighted by atomic mass is 9.99. The summed E-state index contributed by atoms with van der Waals surface area (Å²) in [6, 6.07) is 11.9. The van der Waals surface area contributed by atoms with Crippen LogP contribution in [0.1, 0.15) is 40.2 Å². The van der Waals surface area contributed by atoms with Crippen LogP contribution in [-0.2, 0) is 19.6 Å². The second kappa shape index (κ2) is 9.75. The molecule has 1 fully saturated rings. The normalized spacial score (nSPS) is 16.2. The topological polar surface area (TPSA) is 81.0 Å². The predicted octanol–water partition coefficient (Wildman–Crippen LogP) is 2.33. The molecule has 31 heavy (non-hydrogen) atoms. The van der Waals surface area contributed by atoms with Gasteiger partial charge in [0, 0.05) is 31.7 Å². The Bertz CT molecular complexity index is 1080. The van der Waals surface area contributed by atoms with Crippen molar-refractivity contribution in [2.75, 3.05) is 13.1 Å². The lowest BCUT2D eigenvalue weighted by molar-refractivity contribution is 0.0946. The predicted molar refractivity (Wildman–Crippen MR) is 120 cm³/mol. The lowest BCUT2D eigenvalue weighted by Crippen LogP contribution is -2.38. The number of nitrogens with zero attached hydrogens (tertiary/aromatic N) is 3. The molecule has 1 saturated heterocycles. The molecule has 0 bridgehead atoms. The van der Waals surface area contributed by atoms with Crippen molar-refractivity contribution in [2.24, 2.45) is 5.92 Å². The number of pyridine rings is 1. The minimum atomic E-state index is -0.354. The summed E-state index contributed by atoms with van der Waals surface area (Å²) in [7, 11) is 0. The summed E-state index contributed by atoms with van der Waals surface area (Å²) in [6.45, 7) is 5.32. The Morgan fingerprint density at radius 1 is 1.19 bits per heavy atom. The molecule has 1 aliphatic heterocycles. The van der Waals surface area contributed by atoms with Gasteiger partial charge in [-0.1, -0.05) is 30.3 Å². The number of aryl methyl sites for hydroxylation is 1. The van der Waals surface area contributed by atoms with E-state index in [4.69, 9.17) is 0 Å². The van der Waals surface area contributed by atoms with Gasteiger partial charge in [0.1, 0.15) is 11.4 Å². The van der Waals surface area contributed by atoms with Gasteiger partial charge in [0.25, 0.3) is 11.5 Å². The van der Waals surface area contributed by atoms with E-state index in [0.717, 1.165) is 37.3 Å². The van der Waals surface area contributed by atoms with Crippen molar-refractivity contribution in [3.05, 3.63) is 87.9 Å². The number of nitrogens with one attached hydrogen (secondary N) is 2. The van der Waals surface area contributed by atoms with Crippen molar-refractivity contribution in [1.29, 1.82) is 0 Å². The van der Waals surface area contributed by atoms with E-state index < -0.39 is 0 Å². The third-order valence-corrected chi connectivity index (χ3v) is 5.86. The zero-order valence-electron chi connectivity index (χ0n) is 17.9. The number of hydrogen-bond acceptors (Lipinski definition) is 4. The zero-order chi connectivity index (χ0) is 21.6. The summed E-state index contributed by atoms with van der Waals surface area (Å²) in [6.07, 6.45) is 7.64. The van der Waals surface area contributed by atoms with Gasteiger partial charge in [0.05, 0.1) is 6.54 Å². The summed E-state index contributed by atoms with van der Waals surface area (Å²) < 4.78 is 3.68. The fraction of sp³-hybridized carbons (Fsp3) is 0.375. The first-order valence-electron chi connectivity index (χ1n) is 10.8. The Labute approximate surface area is 182 Å². The van der Waals surface area contributed by atoms with Crippen molar-refractivity contribution < 1.29 is 4.79 Å². The molecule has 3 heterocycles. The average molecular weight is 420 g/mol. The van der Waals surface area contributed by atoms with Crippen LogP contribution in [-0.4, -0.2) is 33.1 Å². The molecular weight excluding hydrogens is 390 g/mol. The molecule has 1 unspecified atom stereocenters. The highest BCUT2D eigenvalue weighted by molar-refractivity contribution is 5.95. The monoisotopic (exact) mass is 419 g/mol. The Kier molecular flexibility index (Phi) is 6.62. The molecule has 1 atom stereocenters. The van der Waals surface area contributed by atoms with Gasteiger partial charge in [0.15, 0.2) is 0 Å². The van der Waals surface area contributed by atoms with E-state index in [1.54, 1.807) is 23.9 Å². The number of hydrogen-bond donors (Lipinski definition) is 2. The quantitative estimate of drug-likeness (QED) is 0.616. The number of carbonyl (C=O) groups is 1. The molecule has 1 aliphatic rings. The summed E-state index contributed by atoms with van der Waals surface area (Å²) in [5.41, 5.74) is 1.84. The molecule has 0 saturated carbocycles. The maximum Gasteiger partial charge on any atom is 0.263 e. The number of benzene rings is 1. The fourth-order valence-electron chi connectivity index (χ4n) is 4.12. The number of carbonyl (C=O) groups excluding carboxylic acids is 1. The largest absolute Gasteiger partial charge is 0.345 e. The van der Waals surface area contributed by atoms with Crippen molar-refractivity contribution >= 4 is 5.91 Å². The van der Waals surface area contributed by atoms with E-state index in [0.29, 0.717) is 24.6 Å². The highest BCUT2D eigenvalue weighted by Crippen LogP contribution is 2.13. The molecule has 2 aromatic heterocycles. The second-order valence-corrected chi connectivity index (χ2v) is 8.18. The summed E-state index contributed by atoms with van der Waals surface area (Å²) >= 11 is 0. The van der Waals surface area contributed by atoms with Gasteiger partial charge in [-0.15, -0.1) is 0 Å². The molecule has 0 radical (unpaired) electrons. The van der Waals surface area contributed by atoms with Crippen LogP contribution in [0, 0.1) is 12.8 Å². The Hall–Kier alpha value is -3.19. The van der Waals surface area contributed by atoms with Gasteiger partial charge >= 0.3 is 0 Å². The third-order valence-electron chi connectivity index (χ3n) is 5.86. The van der Waals surface area contributed by atoms with Gasteiger partial charge in [-0.25, -0.2) is 4.98 Å². The number of imidazole rings is 1. The fourth-order valence-corrected chi connectivity index (χ4v) is 4.12. The maximum absolute atomic E-state index is 13.0. The first-order chi connectivity index (χ1) is 15.1. The maximum atomic E-state index is 13.0. The van der Waals surface area contributed by atoms with Crippen molar-refractivity contribution in [3.8, 4) is 0 Å². The molecule has 2 N–H and O–H groups in total. The molecule has 3 aromatic rings. The number of rotatable bonds is 7. The summed E-state index contributed by atoms with van der Waals surface area (Å²) in [5.74, 6) is 0.808. The van der Waals surface area contributed by atoms with Crippen molar-refractivity contribution in [3.63, 3.8) is 0 Å². The van der Waals surface area contributed by atoms with Crippen LogP contribution in [0.25, 0.3) is 0 Å². The van der Waals surface area contributed by atoms with E-state index in [9.17, 15) is 9.59 Å². The highest BCUT2D eigenvalue weighted by atomic mass is 16.2. The van der Waals surface area contributed by atoms with Gasteiger partial charge in [0.2, 0.25) is 0 Å². The van der Waals surface area contributed by atoms with Gasteiger partial charge < -0.3 is 19.8 Å². The van der Waals surface area contributed by atoms with Gasteiger partial charge in [-0.2, -0.15) is 0 Å². The third kappa shape index (κ3) is 5.11. The van der Waals surface area contributed by atoms with Crippen LogP contribution < -0.4 is 16.2 Å². The molecule has 0 aliphatic carbocycles. The second-order valence-electron chi connectivity index (χ2n) is 8.18. The van der Waals surface area contributed by atoms with E-state index >= 15 is 0 Å². The van der Waals surface area contributed by atoms with E-state index in [1.165, 1.54) is 0 Å². The van der Waals surface area contributed by atoms with Crippen molar-refractivity contribution in [1.82, 2.24) is 24.8 Å². The molecule has 1 amide bonds. The molecule has 162 valence electrons. The summed E-state index contributed by atoms with van der Waals surface area (Å²) in [4.78, 5) is 30.3. The van der Waals surface area contributed by atoms with Crippen molar-refractivity contribution in [2.45, 2.75) is 39.4 Å². The Balaban J connectivity index is 1.45. The number of piperidine rings is 1. The molecule has 1 aromatic carbocycles. The lowest BCUT2D eigenvalue weighted by Gasteiger charge is -2.23. The first kappa shape index (κ1) is 21.1. The van der Waals surface area contributed by atoms with E-state index in [2.05, 4.69) is 27.8 Å². The highest BCUT2D eigenvalue weighted by Gasteiger charge is 2.19. The average Bonchev–Trinajstić information content (AvgIpc) is 3.23. The minimum absolute atomic E-state index is 0.215. The molecule has 7 nitrogen and oxygen atoms in total. The molecule has 7 heteroatoms. The SMILES string of the molecule is Cc1ccn(CC2CCCNC2)c(=O)c1C(=O)NCc1nccn1Cc1ccccc1. The van der Waals surface area contributed by atoms with E-state index in [1.807, 2.05) is 35.0 Å². The standard InChI is InChI=1S/C24H29N5O2/c1-18-9-12-29(17-20-8-5-10-25-14-20)24(31)22(18)23(30)27-15-21-26-11-13-28(21)16-19-6-3-2-4-7-19/h2-4,6-7,9,11-13,20,25H,5,8,10,14-17H2,1H3,(H,27,30). The van der Waals surface area contributed by atoms with Crippen LogP contribution in [0.2, 0.25) is 0 Å². The van der Waals surface area contributed by atoms with Crippen LogP contribution in [0.3, 0.4) is 0 Å². The molecule has 4 rings (SSSR count). The molecule has 0 spiro atoms. The van der Waals surface area contributed by atoms with Crippen LogP contribution in [0.5, 0.6) is 0 Å². The Morgan fingerprint density at radius 2 is 2.03 bits per heavy atom. The van der Waals surface area contributed by atoms with Crippen LogP contribution in [0.15, 0.2) is 59.8 Å². The van der Waals surface area contributed by atoms with Crippen LogP contribution in [0.4, 0.5) is 0 Å².